The molecule has 0 aliphatic carbocycles. The zero-order valence-corrected chi connectivity index (χ0v) is 12.8. The van der Waals surface area contributed by atoms with Gasteiger partial charge in [0, 0.05) is 24.8 Å². The van der Waals surface area contributed by atoms with E-state index in [2.05, 4.69) is 15.9 Å². The van der Waals surface area contributed by atoms with Crippen LogP contribution in [0.4, 0.5) is 11.4 Å². The number of likely N-dealkylation sites (tertiary alicyclic amines) is 1. The van der Waals surface area contributed by atoms with Crippen LogP contribution in [0.1, 0.15) is 32.1 Å². The first-order valence-corrected chi connectivity index (χ1v) is 8.16. The van der Waals surface area contributed by atoms with Gasteiger partial charge in [-0.1, -0.05) is 18.0 Å². The van der Waals surface area contributed by atoms with Gasteiger partial charge in [-0.2, -0.15) is 0 Å². The molecule has 0 radical (unpaired) electrons. The van der Waals surface area contributed by atoms with Crippen LogP contribution in [0.15, 0.2) is 18.2 Å². The molecule has 1 aromatic rings. The van der Waals surface area contributed by atoms with Gasteiger partial charge < -0.3 is 15.5 Å². The van der Waals surface area contributed by atoms with Crippen molar-refractivity contribution in [3.05, 3.63) is 23.2 Å². The Labute approximate surface area is 126 Å². The molecule has 110 valence electrons. The van der Waals surface area contributed by atoms with Crippen LogP contribution in [0.5, 0.6) is 0 Å². The van der Waals surface area contributed by atoms with Crippen molar-refractivity contribution in [1.29, 1.82) is 0 Å². The van der Waals surface area contributed by atoms with Gasteiger partial charge in [0.15, 0.2) is 0 Å². The van der Waals surface area contributed by atoms with Crippen molar-refractivity contribution in [2.24, 2.45) is 0 Å². The molecule has 1 aromatic carbocycles. The number of hydrogen-bond donors (Lipinski definition) is 1. The van der Waals surface area contributed by atoms with Gasteiger partial charge in [0.05, 0.1) is 10.7 Å². The van der Waals surface area contributed by atoms with Gasteiger partial charge in [-0.3, -0.25) is 0 Å². The van der Waals surface area contributed by atoms with Crippen molar-refractivity contribution in [2.45, 2.75) is 38.1 Å². The first-order chi connectivity index (χ1) is 9.74. The molecule has 0 unspecified atom stereocenters. The van der Waals surface area contributed by atoms with Crippen molar-refractivity contribution < 1.29 is 0 Å². The molecule has 4 heteroatoms. The summed E-state index contributed by atoms with van der Waals surface area (Å²) in [5.41, 5.74) is 7.64. The minimum atomic E-state index is 0.738. The number of benzene rings is 1. The van der Waals surface area contributed by atoms with E-state index in [9.17, 15) is 0 Å². The largest absolute Gasteiger partial charge is 0.399 e. The van der Waals surface area contributed by atoms with Crippen molar-refractivity contribution in [3.8, 4) is 0 Å². The van der Waals surface area contributed by atoms with Gasteiger partial charge in [-0.15, -0.1) is 0 Å². The molecule has 0 amide bonds. The highest BCUT2D eigenvalue weighted by Crippen LogP contribution is 2.31. The average molecular weight is 294 g/mol. The molecule has 20 heavy (non-hydrogen) atoms. The summed E-state index contributed by atoms with van der Waals surface area (Å²) in [5, 5.41) is 0.779. The smallest absolute Gasteiger partial charge is 0.0660 e. The third-order valence-electron chi connectivity index (χ3n) is 4.68. The lowest BCUT2D eigenvalue weighted by Gasteiger charge is -2.41. The summed E-state index contributed by atoms with van der Waals surface area (Å²) in [5.74, 6) is 0. The summed E-state index contributed by atoms with van der Waals surface area (Å²) >= 11 is 6.32. The standard InChI is InChI=1S/C16H24ClN3/c17-15-12-13(18)4-5-16(15)20-10-6-14(7-11-20)19-8-2-1-3-9-19/h4-5,12,14H,1-3,6-11,18H2. The van der Waals surface area contributed by atoms with Crippen molar-refractivity contribution >= 4 is 23.0 Å². The number of piperidine rings is 2. The Morgan fingerprint density at radius 2 is 1.70 bits per heavy atom. The summed E-state index contributed by atoms with van der Waals surface area (Å²) in [4.78, 5) is 5.10. The predicted octanol–water partition coefficient (Wildman–Crippen LogP) is 3.38. The number of halogens is 1. The number of nitrogens with two attached hydrogens (primary N) is 1. The fourth-order valence-electron chi connectivity index (χ4n) is 3.54. The second kappa shape index (κ2) is 6.23. The Hall–Kier alpha value is -0.930. The van der Waals surface area contributed by atoms with E-state index in [1.165, 1.54) is 45.2 Å². The normalized spacial score (nSPS) is 22.1. The molecule has 0 aromatic heterocycles. The molecule has 2 N–H and O–H groups in total. The Kier molecular flexibility index (Phi) is 4.37. The Morgan fingerprint density at radius 1 is 1.00 bits per heavy atom. The summed E-state index contributed by atoms with van der Waals surface area (Å²) in [7, 11) is 0. The van der Waals surface area contributed by atoms with E-state index in [0.29, 0.717) is 0 Å². The molecule has 0 bridgehead atoms. The first-order valence-electron chi connectivity index (χ1n) is 7.78. The van der Waals surface area contributed by atoms with E-state index in [-0.39, 0.29) is 0 Å². The zero-order chi connectivity index (χ0) is 13.9. The van der Waals surface area contributed by atoms with Gasteiger partial charge >= 0.3 is 0 Å². The lowest BCUT2D eigenvalue weighted by Crippen LogP contribution is -2.46. The second-order valence-corrected chi connectivity index (χ2v) is 6.43. The highest BCUT2D eigenvalue weighted by Gasteiger charge is 2.26. The molecule has 2 fully saturated rings. The van der Waals surface area contributed by atoms with Crippen LogP contribution in [0, 0.1) is 0 Å². The minimum absolute atomic E-state index is 0.738. The van der Waals surface area contributed by atoms with Crippen molar-refractivity contribution in [2.75, 3.05) is 36.8 Å². The Balaban J connectivity index is 1.60. The van der Waals surface area contributed by atoms with Crippen LogP contribution in [0.3, 0.4) is 0 Å². The monoisotopic (exact) mass is 293 g/mol. The number of nitrogens with zero attached hydrogens (tertiary/aromatic N) is 2. The number of hydrogen-bond acceptors (Lipinski definition) is 3. The average Bonchev–Trinajstić information content (AvgIpc) is 2.48. The predicted molar refractivity (Wildman–Crippen MR) is 86.5 cm³/mol. The second-order valence-electron chi connectivity index (χ2n) is 6.03. The molecule has 0 atom stereocenters. The van der Waals surface area contributed by atoms with Crippen molar-refractivity contribution in [1.82, 2.24) is 4.90 Å². The van der Waals surface area contributed by atoms with E-state index in [1.54, 1.807) is 0 Å². The lowest BCUT2D eigenvalue weighted by molar-refractivity contribution is 0.141. The molecule has 2 aliphatic heterocycles. The molecular weight excluding hydrogens is 270 g/mol. The maximum absolute atomic E-state index is 6.32. The summed E-state index contributed by atoms with van der Waals surface area (Å²) in [6, 6.07) is 6.63. The van der Waals surface area contributed by atoms with Crippen LogP contribution in [0.2, 0.25) is 5.02 Å². The number of nitrogen functional groups attached to an aromatic ring is 1. The topological polar surface area (TPSA) is 32.5 Å². The molecule has 3 nitrogen and oxygen atoms in total. The van der Waals surface area contributed by atoms with Crippen LogP contribution in [-0.2, 0) is 0 Å². The maximum atomic E-state index is 6.32. The Bertz CT molecular complexity index is 449. The van der Waals surface area contributed by atoms with Gasteiger partial charge in [0.25, 0.3) is 0 Å². The lowest BCUT2D eigenvalue weighted by atomic mass is 9.99. The third-order valence-corrected chi connectivity index (χ3v) is 4.99. The van der Waals surface area contributed by atoms with Gasteiger partial charge in [0.1, 0.15) is 0 Å². The summed E-state index contributed by atoms with van der Waals surface area (Å²) in [6.07, 6.45) is 6.67. The molecular formula is C16H24ClN3. The van der Waals surface area contributed by atoms with Crippen LogP contribution in [-0.4, -0.2) is 37.1 Å². The molecule has 2 heterocycles. The molecule has 2 saturated heterocycles. The fraction of sp³-hybridized carbons (Fsp3) is 0.625. The third kappa shape index (κ3) is 3.04. The van der Waals surface area contributed by atoms with Crippen LogP contribution in [0.25, 0.3) is 0 Å². The molecule has 0 saturated carbocycles. The zero-order valence-electron chi connectivity index (χ0n) is 12.0. The minimum Gasteiger partial charge on any atom is -0.399 e. The number of rotatable bonds is 2. The van der Waals surface area contributed by atoms with E-state index >= 15 is 0 Å². The molecule has 2 aliphatic rings. The van der Waals surface area contributed by atoms with Crippen LogP contribution >= 0.6 is 11.6 Å². The van der Waals surface area contributed by atoms with Crippen molar-refractivity contribution in [3.63, 3.8) is 0 Å². The quantitative estimate of drug-likeness (QED) is 0.849. The Morgan fingerprint density at radius 3 is 2.35 bits per heavy atom. The summed E-state index contributed by atoms with van der Waals surface area (Å²) in [6.45, 7) is 4.80. The van der Waals surface area contributed by atoms with Gasteiger partial charge in [0.2, 0.25) is 0 Å². The SMILES string of the molecule is Nc1ccc(N2CCC(N3CCCCC3)CC2)c(Cl)c1. The number of anilines is 2. The fourth-order valence-corrected chi connectivity index (χ4v) is 3.84. The highest BCUT2D eigenvalue weighted by molar-refractivity contribution is 6.33. The summed E-state index contributed by atoms with van der Waals surface area (Å²) < 4.78 is 0. The van der Waals surface area contributed by atoms with E-state index in [0.717, 1.165) is 35.5 Å². The molecule has 3 rings (SSSR count). The van der Waals surface area contributed by atoms with E-state index in [1.807, 2.05) is 12.1 Å². The van der Waals surface area contributed by atoms with Gasteiger partial charge in [-0.25, -0.2) is 0 Å². The van der Waals surface area contributed by atoms with Gasteiger partial charge in [-0.05, 0) is 57.0 Å². The van der Waals surface area contributed by atoms with Crippen LogP contribution < -0.4 is 10.6 Å². The first kappa shape index (κ1) is 14.0. The maximum Gasteiger partial charge on any atom is 0.0660 e. The van der Waals surface area contributed by atoms with E-state index in [4.69, 9.17) is 17.3 Å². The highest BCUT2D eigenvalue weighted by atomic mass is 35.5. The molecule has 0 spiro atoms. The van der Waals surface area contributed by atoms with E-state index < -0.39 is 0 Å².